The Morgan fingerprint density at radius 2 is 1.83 bits per heavy atom. The summed E-state index contributed by atoms with van der Waals surface area (Å²) >= 11 is 6.18. The number of ether oxygens (including phenoxy) is 2. The number of hydrogen-bond acceptors (Lipinski definition) is 3. The number of hydrogen-bond donors (Lipinski definition) is 1. The van der Waals surface area contributed by atoms with Crippen LogP contribution in [0.25, 0.3) is 0 Å². The van der Waals surface area contributed by atoms with E-state index < -0.39 is 0 Å². The zero-order valence-electron chi connectivity index (χ0n) is 13.5. The van der Waals surface area contributed by atoms with Crippen LogP contribution in [-0.2, 0) is 4.79 Å². The summed E-state index contributed by atoms with van der Waals surface area (Å²) in [5.74, 6) is 1.03. The number of nitrogens with one attached hydrogen (secondary N) is 1. The smallest absolute Gasteiger partial charge is 0.262 e. The molecule has 1 amide bonds. The fraction of sp³-hybridized carbons (Fsp3) is 0.278. The van der Waals surface area contributed by atoms with E-state index in [0.29, 0.717) is 28.8 Å². The molecule has 0 aliphatic carbocycles. The first-order chi connectivity index (χ1) is 11.0. The minimum absolute atomic E-state index is 0.0980. The Morgan fingerprint density at radius 3 is 2.48 bits per heavy atom. The third-order valence-electron chi connectivity index (χ3n) is 3.18. The molecule has 0 saturated heterocycles. The summed E-state index contributed by atoms with van der Waals surface area (Å²) in [6.45, 7) is 6.25. The lowest BCUT2D eigenvalue weighted by Gasteiger charge is -2.12. The van der Waals surface area contributed by atoms with Crippen LogP contribution >= 0.6 is 11.6 Å². The number of aryl methyl sites for hydroxylation is 2. The van der Waals surface area contributed by atoms with E-state index in [-0.39, 0.29) is 12.5 Å². The predicted molar refractivity (Wildman–Crippen MR) is 92.7 cm³/mol. The maximum Gasteiger partial charge on any atom is 0.262 e. The Morgan fingerprint density at radius 1 is 1.13 bits per heavy atom. The van der Waals surface area contributed by atoms with Gasteiger partial charge in [-0.2, -0.15) is 0 Å². The molecule has 0 aliphatic rings. The van der Waals surface area contributed by atoms with E-state index in [9.17, 15) is 4.79 Å². The summed E-state index contributed by atoms with van der Waals surface area (Å²) in [7, 11) is 0. The maximum absolute atomic E-state index is 12.1. The van der Waals surface area contributed by atoms with E-state index in [1.165, 1.54) is 0 Å². The van der Waals surface area contributed by atoms with E-state index in [2.05, 4.69) is 5.32 Å². The lowest BCUT2D eigenvalue weighted by atomic mass is 10.1. The van der Waals surface area contributed by atoms with E-state index in [1.807, 2.05) is 45.0 Å². The topological polar surface area (TPSA) is 47.6 Å². The molecule has 2 rings (SSSR count). The zero-order chi connectivity index (χ0) is 16.8. The first-order valence-electron chi connectivity index (χ1n) is 7.42. The van der Waals surface area contributed by atoms with Crippen molar-refractivity contribution in [2.75, 3.05) is 18.5 Å². The highest BCUT2D eigenvalue weighted by molar-refractivity contribution is 6.34. The molecule has 0 saturated carbocycles. The number of halogens is 1. The van der Waals surface area contributed by atoms with Crippen molar-refractivity contribution in [1.29, 1.82) is 0 Å². The molecule has 4 nitrogen and oxygen atoms in total. The van der Waals surface area contributed by atoms with E-state index in [4.69, 9.17) is 21.1 Å². The van der Waals surface area contributed by atoms with Crippen LogP contribution in [0.3, 0.4) is 0 Å². The fourth-order valence-corrected chi connectivity index (χ4v) is 2.59. The quantitative estimate of drug-likeness (QED) is 0.853. The van der Waals surface area contributed by atoms with Crippen molar-refractivity contribution in [3.05, 3.63) is 52.5 Å². The molecule has 0 atom stereocenters. The van der Waals surface area contributed by atoms with E-state index in [0.717, 1.165) is 11.1 Å². The van der Waals surface area contributed by atoms with Gasteiger partial charge in [-0.05, 0) is 50.1 Å². The van der Waals surface area contributed by atoms with E-state index >= 15 is 0 Å². The third kappa shape index (κ3) is 4.89. The molecule has 5 heteroatoms. The summed E-state index contributed by atoms with van der Waals surface area (Å²) in [4.78, 5) is 12.1. The SMILES string of the molecule is CCOc1cccc(OCC(=O)Nc2c(C)cc(C)cc2Cl)c1. The molecular formula is C18H20ClNO3. The number of rotatable bonds is 6. The Kier molecular flexibility index (Phi) is 5.88. The van der Waals surface area contributed by atoms with Crippen molar-refractivity contribution >= 4 is 23.2 Å². The largest absolute Gasteiger partial charge is 0.494 e. The van der Waals surface area contributed by atoms with Crippen molar-refractivity contribution in [2.45, 2.75) is 20.8 Å². The van der Waals surface area contributed by atoms with Crippen molar-refractivity contribution in [3.63, 3.8) is 0 Å². The van der Waals surface area contributed by atoms with Crippen LogP contribution in [0.2, 0.25) is 5.02 Å². The average Bonchev–Trinajstić information content (AvgIpc) is 2.49. The monoisotopic (exact) mass is 333 g/mol. The standard InChI is InChI=1S/C18H20ClNO3/c1-4-22-14-6-5-7-15(10-14)23-11-17(21)20-18-13(3)8-12(2)9-16(18)19/h5-10H,4,11H2,1-3H3,(H,20,21). The molecule has 0 aliphatic heterocycles. The van der Waals surface area contributed by atoms with Gasteiger partial charge in [0.1, 0.15) is 11.5 Å². The fourth-order valence-electron chi connectivity index (χ4n) is 2.22. The number of carbonyl (C=O) groups is 1. The number of benzene rings is 2. The van der Waals surface area contributed by atoms with Gasteiger partial charge in [0.05, 0.1) is 17.3 Å². The maximum atomic E-state index is 12.1. The average molecular weight is 334 g/mol. The molecule has 0 bridgehead atoms. The van der Waals surface area contributed by atoms with Crippen molar-refractivity contribution < 1.29 is 14.3 Å². The second-order valence-corrected chi connectivity index (χ2v) is 5.59. The van der Waals surface area contributed by atoms with Crippen LogP contribution in [0.15, 0.2) is 36.4 Å². The normalized spacial score (nSPS) is 10.3. The summed E-state index contributed by atoms with van der Waals surface area (Å²) < 4.78 is 10.9. The van der Waals surface area contributed by atoms with Gasteiger partial charge in [-0.3, -0.25) is 4.79 Å². The summed E-state index contributed by atoms with van der Waals surface area (Å²) in [6.07, 6.45) is 0. The van der Waals surface area contributed by atoms with Gasteiger partial charge >= 0.3 is 0 Å². The first kappa shape index (κ1) is 17.2. The first-order valence-corrected chi connectivity index (χ1v) is 7.79. The molecule has 122 valence electrons. The predicted octanol–water partition coefficient (Wildman–Crippen LogP) is 4.37. The van der Waals surface area contributed by atoms with Gasteiger partial charge in [-0.25, -0.2) is 0 Å². The molecule has 0 spiro atoms. The Balaban J connectivity index is 1.97. The number of amides is 1. The highest BCUT2D eigenvalue weighted by Gasteiger charge is 2.10. The van der Waals surface area contributed by atoms with Crippen molar-refractivity contribution in [1.82, 2.24) is 0 Å². The number of anilines is 1. The third-order valence-corrected chi connectivity index (χ3v) is 3.48. The Bertz CT molecular complexity index is 677. The molecular weight excluding hydrogens is 314 g/mol. The second-order valence-electron chi connectivity index (χ2n) is 5.18. The van der Waals surface area contributed by atoms with Crippen LogP contribution in [0, 0.1) is 13.8 Å². The van der Waals surface area contributed by atoms with Gasteiger partial charge in [0.2, 0.25) is 0 Å². The van der Waals surface area contributed by atoms with Crippen LogP contribution in [0.4, 0.5) is 5.69 Å². The number of carbonyl (C=O) groups excluding carboxylic acids is 1. The molecule has 23 heavy (non-hydrogen) atoms. The Hall–Kier alpha value is -2.20. The molecule has 0 unspecified atom stereocenters. The zero-order valence-corrected chi connectivity index (χ0v) is 14.2. The van der Waals surface area contributed by atoms with E-state index in [1.54, 1.807) is 12.1 Å². The van der Waals surface area contributed by atoms with Gasteiger partial charge in [0.25, 0.3) is 5.91 Å². The Labute approximate surface area is 141 Å². The van der Waals surface area contributed by atoms with Gasteiger partial charge in [0, 0.05) is 6.07 Å². The van der Waals surface area contributed by atoms with Gasteiger partial charge in [-0.15, -0.1) is 0 Å². The van der Waals surface area contributed by atoms with Crippen molar-refractivity contribution in [3.8, 4) is 11.5 Å². The molecule has 1 N–H and O–H groups in total. The summed E-state index contributed by atoms with van der Waals surface area (Å²) in [5, 5.41) is 3.31. The van der Waals surface area contributed by atoms with Crippen LogP contribution in [0.1, 0.15) is 18.1 Å². The van der Waals surface area contributed by atoms with Gasteiger partial charge in [0.15, 0.2) is 6.61 Å². The van der Waals surface area contributed by atoms with Crippen LogP contribution < -0.4 is 14.8 Å². The summed E-state index contributed by atoms with van der Waals surface area (Å²) in [5.41, 5.74) is 2.59. The minimum Gasteiger partial charge on any atom is -0.494 e. The molecule has 0 aromatic heterocycles. The highest BCUT2D eigenvalue weighted by Crippen LogP contribution is 2.27. The molecule has 0 heterocycles. The van der Waals surface area contributed by atoms with Crippen LogP contribution in [-0.4, -0.2) is 19.1 Å². The van der Waals surface area contributed by atoms with Crippen LogP contribution in [0.5, 0.6) is 11.5 Å². The van der Waals surface area contributed by atoms with Crippen molar-refractivity contribution in [2.24, 2.45) is 0 Å². The summed E-state index contributed by atoms with van der Waals surface area (Å²) in [6, 6.07) is 11.0. The lowest BCUT2D eigenvalue weighted by molar-refractivity contribution is -0.118. The molecule has 0 radical (unpaired) electrons. The highest BCUT2D eigenvalue weighted by atomic mass is 35.5. The molecule has 0 fully saturated rings. The van der Waals surface area contributed by atoms with Gasteiger partial charge in [-0.1, -0.05) is 23.7 Å². The molecule has 2 aromatic carbocycles. The minimum atomic E-state index is -0.263. The van der Waals surface area contributed by atoms with Gasteiger partial charge < -0.3 is 14.8 Å². The molecule has 2 aromatic rings. The second kappa shape index (κ2) is 7.88. The lowest BCUT2D eigenvalue weighted by Crippen LogP contribution is -2.21.